The smallest absolute Gasteiger partial charge is 0.251 e. The fourth-order valence-corrected chi connectivity index (χ4v) is 1.11. The van der Waals surface area contributed by atoms with Gasteiger partial charge >= 0.3 is 0 Å². The molecule has 0 aromatic carbocycles. The first-order valence-electron chi connectivity index (χ1n) is 5.37. The number of hydrogen-bond donors (Lipinski definition) is 9. The SMILES string of the molecule is O=C(NCC(O)CO)[C@H](O)[C@@H](O)[C@@H](O)[C@H](O)C(O)O. The van der Waals surface area contributed by atoms with Crippen molar-refractivity contribution in [3.05, 3.63) is 0 Å². The molecule has 0 aliphatic heterocycles. The topological polar surface area (TPSA) is 191 Å². The molecule has 0 aliphatic rings. The van der Waals surface area contributed by atoms with E-state index in [1.807, 2.05) is 5.32 Å². The number of nitrogens with one attached hydrogen (secondary N) is 1. The predicted molar refractivity (Wildman–Crippen MR) is 58.4 cm³/mol. The van der Waals surface area contributed by atoms with E-state index in [9.17, 15) is 20.1 Å². The molecule has 9 N–H and O–H groups in total. The quantitative estimate of drug-likeness (QED) is 0.195. The first-order chi connectivity index (χ1) is 8.72. The van der Waals surface area contributed by atoms with E-state index >= 15 is 0 Å². The van der Waals surface area contributed by atoms with Crippen LogP contribution in [0.1, 0.15) is 0 Å². The maximum absolute atomic E-state index is 11.3. The largest absolute Gasteiger partial charge is 0.394 e. The third kappa shape index (κ3) is 5.76. The zero-order valence-electron chi connectivity index (χ0n) is 9.86. The van der Waals surface area contributed by atoms with Crippen LogP contribution in [0.2, 0.25) is 0 Å². The van der Waals surface area contributed by atoms with Gasteiger partial charge in [0.15, 0.2) is 12.4 Å². The van der Waals surface area contributed by atoms with Gasteiger partial charge in [-0.05, 0) is 0 Å². The minimum Gasteiger partial charge on any atom is -0.394 e. The zero-order valence-corrected chi connectivity index (χ0v) is 9.86. The summed E-state index contributed by atoms with van der Waals surface area (Å²) in [4.78, 5) is 11.3. The van der Waals surface area contributed by atoms with Gasteiger partial charge in [0.2, 0.25) is 0 Å². The van der Waals surface area contributed by atoms with Crippen LogP contribution in [-0.4, -0.2) is 96.7 Å². The maximum Gasteiger partial charge on any atom is 0.251 e. The van der Waals surface area contributed by atoms with Crippen LogP contribution in [0.15, 0.2) is 0 Å². The summed E-state index contributed by atoms with van der Waals surface area (Å²) < 4.78 is 0. The lowest BCUT2D eigenvalue weighted by Gasteiger charge is -2.26. The summed E-state index contributed by atoms with van der Waals surface area (Å²) in [6.07, 6.45) is -12.3. The molecule has 10 nitrogen and oxygen atoms in total. The summed E-state index contributed by atoms with van der Waals surface area (Å²) in [6, 6.07) is 0. The first kappa shape index (κ1) is 18.1. The van der Waals surface area contributed by atoms with Crippen LogP contribution < -0.4 is 5.32 Å². The van der Waals surface area contributed by atoms with E-state index in [0.29, 0.717) is 0 Å². The average molecular weight is 285 g/mol. The molecule has 0 rings (SSSR count). The van der Waals surface area contributed by atoms with Gasteiger partial charge in [-0.2, -0.15) is 0 Å². The van der Waals surface area contributed by atoms with Crippen molar-refractivity contribution in [3.8, 4) is 0 Å². The molecular weight excluding hydrogens is 266 g/mol. The number of rotatable bonds is 8. The molecule has 0 heterocycles. The summed E-state index contributed by atoms with van der Waals surface area (Å²) >= 11 is 0. The second-order valence-electron chi connectivity index (χ2n) is 3.91. The van der Waals surface area contributed by atoms with Gasteiger partial charge in [0.25, 0.3) is 5.91 Å². The van der Waals surface area contributed by atoms with Crippen molar-refractivity contribution in [1.82, 2.24) is 5.32 Å². The van der Waals surface area contributed by atoms with Crippen molar-refractivity contribution in [1.29, 1.82) is 0 Å². The standard InChI is InChI=1S/C9H19NO9/c11-2-3(12)1-10-8(17)6(15)4(13)5(14)7(16)9(18)19/h3-7,9,11-16,18-19H,1-2H2,(H,10,17)/t3?,4-,5+,6+,7-/m0/s1. The Labute approximate surface area is 108 Å². The van der Waals surface area contributed by atoms with Gasteiger partial charge in [0, 0.05) is 6.54 Å². The Balaban J connectivity index is 4.38. The van der Waals surface area contributed by atoms with E-state index in [1.165, 1.54) is 0 Å². The fraction of sp³-hybridized carbons (Fsp3) is 0.889. The van der Waals surface area contributed by atoms with E-state index < -0.39 is 55.9 Å². The van der Waals surface area contributed by atoms with Crippen LogP contribution in [0, 0.1) is 0 Å². The second kappa shape index (κ2) is 8.35. The fourth-order valence-electron chi connectivity index (χ4n) is 1.11. The number of aliphatic hydroxyl groups is 8. The molecule has 0 saturated carbocycles. The summed E-state index contributed by atoms with van der Waals surface area (Å²) in [5, 5.41) is 73.4. The molecule has 0 spiro atoms. The Morgan fingerprint density at radius 3 is 1.84 bits per heavy atom. The van der Waals surface area contributed by atoms with Gasteiger partial charge in [-0.25, -0.2) is 0 Å². The van der Waals surface area contributed by atoms with E-state index in [-0.39, 0.29) is 0 Å². The normalized spacial score (nSPS) is 19.6. The van der Waals surface area contributed by atoms with Crippen LogP contribution in [0.5, 0.6) is 0 Å². The number of hydrogen-bond acceptors (Lipinski definition) is 9. The van der Waals surface area contributed by atoms with Crippen molar-refractivity contribution in [3.63, 3.8) is 0 Å². The molecule has 0 aromatic heterocycles. The molecular formula is C9H19NO9. The van der Waals surface area contributed by atoms with E-state index in [1.54, 1.807) is 0 Å². The van der Waals surface area contributed by atoms with Crippen molar-refractivity contribution in [2.75, 3.05) is 13.2 Å². The molecule has 0 aliphatic carbocycles. The zero-order chi connectivity index (χ0) is 15.2. The monoisotopic (exact) mass is 285 g/mol. The Morgan fingerprint density at radius 1 is 0.895 bits per heavy atom. The Bertz CT molecular complexity index is 274. The van der Waals surface area contributed by atoms with Gasteiger partial charge in [0.1, 0.15) is 18.3 Å². The average Bonchev–Trinajstić information content (AvgIpc) is 2.40. The Hall–Kier alpha value is -0.850. The van der Waals surface area contributed by atoms with Crippen molar-refractivity contribution in [2.24, 2.45) is 0 Å². The summed E-state index contributed by atoms with van der Waals surface area (Å²) in [6.45, 7) is -1.03. The van der Waals surface area contributed by atoms with Gasteiger partial charge < -0.3 is 46.2 Å². The van der Waals surface area contributed by atoms with Crippen LogP contribution in [-0.2, 0) is 4.79 Å². The van der Waals surface area contributed by atoms with Gasteiger partial charge in [0.05, 0.1) is 12.7 Å². The van der Waals surface area contributed by atoms with E-state index in [0.717, 1.165) is 0 Å². The number of carbonyl (C=O) groups excluding carboxylic acids is 1. The number of amides is 1. The van der Waals surface area contributed by atoms with Crippen LogP contribution in [0.3, 0.4) is 0 Å². The number of carbonyl (C=O) groups is 1. The number of aliphatic hydroxyl groups excluding tert-OH is 7. The molecule has 10 heteroatoms. The van der Waals surface area contributed by atoms with Crippen molar-refractivity contribution < 1.29 is 45.6 Å². The molecule has 0 aromatic rings. The van der Waals surface area contributed by atoms with Gasteiger partial charge in [-0.1, -0.05) is 0 Å². The molecule has 1 unspecified atom stereocenters. The summed E-state index contributed by atoms with van der Waals surface area (Å²) in [7, 11) is 0. The molecule has 1 amide bonds. The maximum atomic E-state index is 11.3. The van der Waals surface area contributed by atoms with Crippen LogP contribution in [0.4, 0.5) is 0 Å². The van der Waals surface area contributed by atoms with Crippen LogP contribution >= 0.6 is 0 Å². The highest BCUT2D eigenvalue weighted by atomic mass is 16.5. The minimum absolute atomic E-state index is 0.402. The lowest BCUT2D eigenvalue weighted by atomic mass is 10.0. The summed E-state index contributed by atoms with van der Waals surface area (Å²) in [5.74, 6) is -1.18. The highest BCUT2D eigenvalue weighted by molar-refractivity contribution is 5.81. The van der Waals surface area contributed by atoms with E-state index in [4.69, 9.17) is 25.5 Å². The lowest BCUT2D eigenvalue weighted by molar-refractivity contribution is -0.190. The van der Waals surface area contributed by atoms with Gasteiger partial charge in [-0.15, -0.1) is 0 Å². The van der Waals surface area contributed by atoms with Crippen molar-refractivity contribution >= 4 is 5.91 Å². The predicted octanol–water partition coefficient (Wildman–Crippen LogP) is -5.79. The molecule has 5 atom stereocenters. The minimum atomic E-state index is -2.36. The highest BCUT2D eigenvalue weighted by Gasteiger charge is 2.36. The third-order valence-corrected chi connectivity index (χ3v) is 2.32. The molecule has 0 saturated heterocycles. The molecule has 0 bridgehead atoms. The molecule has 19 heavy (non-hydrogen) atoms. The second-order valence-corrected chi connectivity index (χ2v) is 3.91. The summed E-state index contributed by atoms with van der Waals surface area (Å²) in [5.41, 5.74) is 0. The third-order valence-electron chi connectivity index (χ3n) is 2.32. The van der Waals surface area contributed by atoms with Crippen LogP contribution in [0.25, 0.3) is 0 Å². The Kier molecular flexibility index (Phi) is 7.97. The van der Waals surface area contributed by atoms with Gasteiger partial charge in [-0.3, -0.25) is 4.79 Å². The molecule has 0 radical (unpaired) electrons. The molecule has 0 fully saturated rings. The van der Waals surface area contributed by atoms with Crippen molar-refractivity contribution in [2.45, 2.75) is 36.8 Å². The molecule has 114 valence electrons. The first-order valence-corrected chi connectivity index (χ1v) is 5.37. The Morgan fingerprint density at radius 2 is 1.42 bits per heavy atom. The van der Waals surface area contributed by atoms with E-state index in [2.05, 4.69) is 0 Å². The lowest BCUT2D eigenvalue weighted by Crippen LogP contribution is -2.54. The highest BCUT2D eigenvalue weighted by Crippen LogP contribution is 2.07.